The van der Waals surface area contributed by atoms with Gasteiger partial charge in [0.25, 0.3) is 0 Å². The molecule has 20 heavy (non-hydrogen) atoms. The van der Waals surface area contributed by atoms with Gasteiger partial charge in [-0.2, -0.15) is 0 Å². The van der Waals surface area contributed by atoms with Crippen molar-refractivity contribution in [1.29, 1.82) is 0 Å². The molecule has 2 nitrogen and oxygen atoms in total. The number of hydrogen-bond donors (Lipinski definition) is 1. The average molecular weight is 270 g/mol. The van der Waals surface area contributed by atoms with Crippen molar-refractivity contribution in [2.75, 3.05) is 19.6 Å². The van der Waals surface area contributed by atoms with Crippen LogP contribution in [0.15, 0.2) is 30.3 Å². The average Bonchev–Trinajstić information content (AvgIpc) is 2.52. The number of piperazine rings is 1. The summed E-state index contributed by atoms with van der Waals surface area (Å²) in [6, 6.07) is 11.8. The van der Waals surface area contributed by atoms with E-state index in [1.165, 1.54) is 12.0 Å². The van der Waals surface area contributed by atoms with Crippen molar-refractivity contribution < 1.29 is 0 Å². The molecule has 1 aliphatic heterocycles. The summed E-state index contributed by atoms with van der Waals surface area (Å²) in [5, 5.41) is 3.73. The van der Waals surface area contributed by atoms with Gasteiger partial charge in [-0.25, -0.2) is 0 Å². The second-order valence-electron chi connectivity index (χ2n) is 5.78. The van der Waals surface area contributed by atoms with E-state index in [0.29, 0.717) is 18.0 Å². The van der Waals surface area contributed by atoms with E-state index in [9.17, 15) is 0 Å². The van der Waals surface area contributed by atoms with Gasteiger partial charge in [-0.15, -0.1) is 12.3 Å². The van der Waals surface area contributed by atoms with Gasteiger partial charge in [-0.05, 0) is 11.5 Å². The smallest absolute Gasteiger partial charge is 0.0473 e. The molecule has 0 radical (unpaired) electrons. The van der Waals surface area contributed by atoms with Crippen LogP contribution in [0.1, 0.15) is 38.3 Å². The highest BCUT2D eigenvalue weighted by molar-refractivity contribution is 5.20. The summed E-state index contributed by atoms with van der Waals surface area (Å²) >= 11 is 0. The zero-order valence-corrected chi connectivity index (χ0v) is 12.7. The molecular formula is C18H26N2. The van der Waals surface area contributed by atoms with Crippen LogP contribution in [-0.2, 0) is 0 Å². The van der Waals surface area contributed by atoms with E-state index < -0.39 is 0 Å². The van der Waals surface area contributed by atoms with Gasteiger partial charge < -0.3 is 5.32 Å². The first-order valence-electron chi connectivity index (χ1n) is 7.72. The van der Waals surface area contributed by atoms with Crippen LogP contribution < -0.4 is 5.32 Å². The molecular weight excluding hydrogens is 244 g/mol. The van der Waals surface area contributed by atoms with Crippen molar-refractivity contribution in [1.82, 2.24) is 10.2 Å². The van der Waals surface area contributed by atoms with Gasteiger partial charge in [0.15, 0.2) is 0 Å². The van der Waals surface area contributed by atoms with Crippen LogP contribution in [0.5, 0.6) is 0 Å². The van der Waals surface area contributed by atoms with Crippen molar-refractivity contribution in [2.24, 2.45) is 5.92 Å². The number of hydrogen-bond acceptors (Lipinski definition) is 2. The number of nitrogens with zero attached hydrogens (tertiary/aromatic N) is 1. The maximum atomic E-state index is 5.46. The minimum Gasteiger partial charge on any atom is -0.311 e. The van der Waals surface area contributed by atoms with Gasteiger partial charge in [0.05, 0.1) is 0 Å². The fourth-order valence-corrected chi connectivity index (χ4v) is 2.96. The molecule has 1 aromatic rings. The molecule has 1 heterocycles. The molecule has 2 heteroatoms. The van der Waals surface area contributed by atoms with Crippen LogP contribution in [-0.4, -0.2) is 30.6 Å². The first-order valence-corrected chi connectivity index (χ1v) is 7.72. The third kappa shape index (κ3) is 3.62. The van der Waals surface area contributed by atoms with Crippen molar-refractivity contribution in [3.05, 3.63) is 35.9 Å². The number of terminal acetylenes is 1. The second-order valence-corrected chi connectivity index (χ2v) is 5.78. The summed E-state index contributed by atoms with van der Waals surface area (Å²) in [6.45, 7) is 7.70. The van der Waals surface area contributed by atoms with Crippen molar-refractivity contribution in [2.45, 2.75) is 38.8 Å². The van der Waals surface area contributed by atoms with Crippen LogP contribution in [0.2, 0.25) is 0 Å². The van der Waals surface area contributed by atoms with Gasteiger partial charge in [0, 0.05) is 38.1 Å². The third-order valence-corrected chi connectivity index (χ3v) is 4.50. The molecule has 1 aromatic carbocycles. The van der Waals surface area contributed by atoms with Crippen LogP contribution in [0, 0.1) is 18.3 Å². The molecule has 0 amide bonds. The zero-order chi connectivity index (χ0) is 14.4. The summed E-state index contributed by atoms with van der Waals surface area (Å²) in [6.07, 6.45) is 7.51. The lowest BCUT2D eigenvalue weighted by molar-refractivity contribution is 0.111. The zero-order valence-electron chi connectivity index (χ0n) is 12.7. The van der Waals surface area contributed by atoms with Crippen molar-refractivity contribution in [3.63, 3.8) is 0 Å². The van der Waals surface area contributed by atoms with Crippen LogP contribution in [0.25, 0.3) is 0 Å². The molecule has 1 fully saturated rings. The predicted octanol–water partition coefficient (Wildman–Crippen LogP) is 3.07. The lowest BCUT2D eigenvalue weighted by Gasteiger charge is -2.42. The van der Waals surface area contributed by atoms with Crippen molar-refractivity contribution >= 4 is 0 Å². The van der Waals surface area contributed by atoms with Crippen LogP contribution in [0.4, 0.5) is 0 Å². The van der Waals surface area contributed by atoms with E-state index >= 15 is 0 Å². The van der Waals surface area contributed by atoms with E-state index in [1.54, 1.807) is 0 Å². The Morgan fingerprint density at radius 3 is 2.80 bits per heavy atom. The Morgan fingerprint density at radius 2 is 2.15 bits per heavy atom. The van der Waals surface area contributed by atoms with Gasteiger partial charge in [0.2, 0.25) is 0 Å². The SMILES string of the molecule is C#CCCN1CC(C(C)CC)NCC1c1ccccc1. The maximum Gasteiger partial charge on any atom is 0.0473 e. The fraction of sp³-hybridized carbons (Fsp3) is 0.556. The summed E-state index contributed by atoms with van der Waals surface area (Å²) in [5.74, 6) is 3.49. The number of rotatable bonds is 5. The third-order valence-electron chi connectivity index (χ3n) is 4.50. The highest BCUT2D eigenvalue weighted by atomic mass is 15.2. The van der Waals surface area contributed by atoms with E-state index in [1.807, 2.05) is 0 Å². The normalized spacial score (nSPS) is 25.1. The van der Waals surface area contributed by atoms with E-state index in [2.05, 4.69) is 60.3 Å². The van der Waals surface area contributed by atoms with E-state index in [0.717, 1.165) is 26.1 Å². The molecule has 1 saturated heterocycles. The Bertz CT molecular complexity index is 434. The molecule has 0 saturated carbocycles. The largest absolute Gasteiger partial charge is 0.311 e. The Morgan fingerprint density at radius 1 is 1.40 bits per heavy atom. The molecule has 2 rings (SSSR count). The van der Waals surface area contributed by atoms with Gasteiger partial charge in [-0.3, -0.25) is 4.90 Å². The molecule has 0 bridgehead atoms. The highest BCUT2D eigenvalue weighted by Gasteiger charge is 2.30. The first-order chi connectivity index (χ1) is 9.76. The standard InChI is InChI=1S/C18H26N2/c1-4-6-12-20-14-17(15(3)5-2)19-13-18(20)16-10-8-7-9-11-16/h1,7-11,15,17-19H,5-6,12-14H2,2-3H3. The maximum absolute atomic E-state index is 5.46. The van der Waals surface area contributed by atoms with E-state index in [-0.39, 0.29) is 0 Å². The van der Waals surface area contributed by atoms with Gasteiger partial charge in [0.1, 0.15) is 0 Å². The summed E-state index contributed by atoms with van der Waals surface area (Å²) in [7, 11) is 0. The molecule has 1 aliphatic rings. The molecule has 1 N–H and O–H groups in total. The van der Waals surface area contributed by atoms with Crippen LogP contribution >= 0.6 is 0 Å². The van der Waals surface area contributed by atoms with Crippen molar-refractivity contribution in [3.8, 4) is 12.3 Å². The Balaban J connectivity index is 2.10. The Labute approximate surface area is 123 Å². The second kappa shape index (κ2) is 7.47. The first kappa shape index (κ1) is 15.1. The Hall–Kier alpha value is -1.30. The quantitative estimate of drug-likeness (QED) is 0.827. The summed E-state index contributed by atoms with van der Waals surface area (Å²) in [5.41, 5.74) is 1.39. The topological polar surface area (TPSA) is 15.3 Å². The molecule has 3 unspecified atom stereocenters. The van der Waals surface area contributed by atoms with Gasteiger partial charge in [-0.1, -0.05) is 50.6 Å². The lowest BCUT2D eigenvalue weighted by atomic mass is 9.93. The summed E-state index contributed by atoms with van der Waals surface area (Å²) < 4.78 is 0. The summed E-state index contributed by atoms with van der Waals surface area (Å²) in [4.78, 5) is 2.56. The number of benzene rings is 1. The molecule has 0 aromatic heterocycles. The minimum absolute atomic E-state index is 0.449. The van der Waals surface area contributed by atoms with E-state index in [4.69, 9.17) is 6.42 Å². The molecule has 3 atom stereocenters. The molecule has 0 spiro atoms. The monoisotopic (exact) mass is 270 g/mol. The fourth-order valence-electron chi connectivity index (χ4n) is 2.96. The molecule has 0 aliphatic carbocycles. The lowest BCUT2D eigenvalue weighted by Crippen LogP contribution is -2.54. The highest BCUT2D eigenvalue weighted by Crippen LogP contribution is 2.26. The van der Waals surface area contributed by atoms with Gasteiger partial charge >= 0.3 is 0 Å². The number of nitrogens with one attached hydrogen (secondary N) is 1. The minimum atomic E-state index is 0.449. The Kier molecular flexibility index (Phi) is 5.64. The predicted molar refractivity (Wildman–Crippen MR) is 85.5 cm³/mol. The van der Waals surface area contributed by atoms with Crippen LogP contribution in [0.3, 0.4) is 0 Å². The molecule has 108 valence electrons.